The Balaban J connectivity index is 1.84. The Morgan fingerprint density at radius 2 is 1.73 bits per heavy atom. The van der Waals surface area contributed by atoms with Crippen molar-refractivity contribution in [1.82, 2.24) is 10.2 Å². The molecule has 0 unspecified atom stereocenters. The number of hydrogen-bond donors (Lipinski definition) is 2. The Morgan fingerprint density at radius 1 is 1.13 bits per heavy atom. The summed E-state index contributed by atoms with van der Waals surface area (Å²) in [6.45, 7) is 3.53. The van der Waals surface area contributed by atoms with Crippen LogP contribution in [0.15, 0.2) is 0 Å². The number of hydrogen-bond acceptors (Lipinski definition) is 3. The van der Waals surface area contributed by atoms with Gasteiger partial charge < -0.3 is 15.3 Å². The minimum atomic E-state index is -0.169. The third-order valence-electron chi connectivity index (χ3n) is 3.47. The molecular formula is C11H20N2O2. The van der Waals surface area contributed by atoms with Gasteiger partial charge >= 0.3 is 0 Å². The molecule has 0 atom stereocenters. The summed E-state index contributed by atoms with van der Waals surface area (Å²) in [5, 5.41) is 12.6. The van der Waals surface area contributed by atoms with Crippen LogP contribution >= 0.6 is 0 Å². The van der Waals surface area contributed by atoms with Gasteiger partial charge in [0.15, 0.2) is 0 Å². The van der Waals surface area contributed by atoms with Crippen molar-refractivity contribution < 1.29 is 9.90 Å². The first-order valence-corrected chi connectivity index (χ1v) is 5.95. The number of amides is 1. The molecule has 1 aliphatic carbocycles. The molecule has 2 aliphatic rings. The molecule has 2 fully saturated rings. The Bertz CT molecular complexity index is 219. The first kappa shape index (κ1) is 10.9. The highest BCUT2D eigenvalue weighted by atomic mass is 16.3. The average molecular weight is 212 g/mol. The highest BCUT2D eigenvalue weighted by Gasteiger charge is 2.29. The van der Waals surface area contributed by atoms with Crippen molar-refractivity contribution >= 4 is 5.91 Å². The van der Waals surface area contributed by atoms with Gasteiger partial charge in [0.2, 0.25) is 5.91 Å². The highest BCUT2D eigenvalue weighted by molar-refractivity contribution is 5.79. The zero-order valence-corrected chi connectivity index (χ0v) is 9.11. The third-order valence-corrected chi connectivity index (χ3v) is 3.47. The van der Waals surface area contributed by atoms with Gasteiger partial charge in [-0.2, -0.15) is 0 Å². The van der Waals surface area contributed by atoms with Crippen molar-refractivity contribution in [3.05, 3.63) is 0 Å². The number of carbonyl (C=O) groups excluding carboxylic acids is 1. The van der Waals surface area contributed by atoms with Crippen molar-refractivity contribution in [2.24, 2.45) is 5.92 Å². The van der Waals surface area contributed by atoms with Crippen molar-refractivity contribution in [3.8, 4) is 0 Å². The monoisotopic (exact) mass is 212 g/mol. The first-order chi connectivity index (χ1) is 7.27. The van der Waals surface area contributed by atoms with Gasteiger partial charge in [-0.1, -0.05) is 0 Å². The lowest BCUT2D eigenvalue weighted by Crippen LogP contribution is -2.49. The standard InChI is InChI=1S/C11H20N2O2/c14-10-3-1-9(2-4-10)11(15)13-7-5-12-6-8-13/h9-10,12,14H,1-8H2. The summed E-state index contributed by atoms with van der Waals surface area (Å²) in [7, 11) is 0. The molecule has 2 rings (SSSR count). The van der Waals surface area contributed by atoms with E-state index in [1.54, 1.807) is 0 Å². The SMILES string of the molecule is O=C(C1CCC(O)CC1)N1CCNCC1. The van der Waals surface area contributed by atoms with E-state index in [0.717, 1.165) is 51.9 Å². The van der Waals surface area contributed by atoms with Crippen LogP contribution in [-0.2, 0) is 4.79 Å². The molecule has 4 heteroatoms. The van der Waals surface area contributed by atoms with E-state index in [1.807, 2.05) is 4.90 Å². The number of nitrogens with zero attached hydrogens (tertiary/aromatic N) is 1. The molecule has 15 heavy (non-hydrogen) atoms. The zero-order chi connectivity index (χ0) is 10.7. The topological polar surface area (TPSA) is 52.6 Å². The summed E-state index contributed by atoms with van der Waals surface area (Å²) >= 11 is 0. The van der Waals surface area contributed by atoms with Gasteiger partial charge in [-0.25, -0.2) is 0 Å². The van der Waals surface area contributed by atoms with Crippen LogP contribution in [0.2, 0.25) is 0 Å². The summed E-state index contributed by atoms with van der Waals surface area (Å²) in [5.41, 5.74) is 0. The Hall–Kier alpha value is -0.610. The molecule has 0 aromatic rings. The van der Waals surface area contributed by atoms with Crippen LogP contribution in [0.4, 0.5) is 0 Å². The van der Waals surface area contributed by atoms with Crippen LogP contribution < -0.4 is 5.32 Å². The number of nitrogens with one attached hydrogen (secondary N) is 1. The number of carbonyl (C=O) groups is 1. The smallest absolute Gasteiger partial charge is 0.225 e. The number of aliphatic hydroxyl groups is 1. The van der Waals surface area contributed by atoms with Gasteiger partial charge in [0, 0.05) is 32.1 Å². The Labute approximate surface area is 90.6 Å². The average Bonchev–Trinajstić information content (AvgIpc) is 2.30. The molecule has 86 valence electrons. The number of aliphatic hydroxyl groups excluding tert-OH is 1. The Morgan fingerprint density at radius 3 is 2.33 bits per heavy atom. The van der Waals surface area contributed by atoms with E-state index in [1.165, 1.54) is 0 Å². The molecule has 2 N–H and O–H groups in total. The fraction of sp³-hybridized carbons (Fsp3) is 0.909. The van der Waals surface area contributed by atoms with E-state index in [4.69, 9.17) is 0 Å². The predicted molar refractivity (Wildman–Crippen MR) is 57.4 cm³/mol. The van der Waals surface area contributed by atoms with Gasteiger partial charge in [-0.05, 0) is 25.7 Å². The predicted octanol–water partition coefficient (Wildman–Crippen LogP) is -0.0307. The summed E-state index contributed by atoms with van der Waals surface area (Å²) in [5.74, 6) is 0.481. The number of piperazine rings is 1. The Kier molecular flexibility index (Phi) is 3.59. The largest absolute Gasteiger partial charge is 0.393 e. The normalized spacial score (nSPS) is 32.7. The second kappa shape index (κ2) is 4.94. The number of rotatable bonds is 1. The summed E-state index contributed by atoms with van der Waals surface area (Å²) in [4.78, 5) is 14.0. The zero-order valence-electron chi connectivity index (χ0n) is 9.11. The van der Waals surface area contributed by atoms with Gasteiger partial charge in [0.05, 0.1) is 6.10 Å². The lowest BCUT2D eigenvalue weighted by atomic mass is 9.86. The van der Waals surface area contributed by atoms with Crippen molar-refractivity contribution in [1.29, 1.82) is 0 Å². The molecule has 1 amide bonds. The third kappa shape index (κ3) is 2.69. The van der Waals surface area contributed by atoms with Crippen molar-refractivity contribution in [2.45, 2.75) is 31.8 Å². The minimum absolute atomic E-state index is 0.169. The molecule has 0 aromatic heterocycles. The molecule has 4 nitrogen and oxygen atoms in total. The molecule has 0 bridgehead atoms. The van der Waals surface area contributed by atoms with E-state index in [0.29, 0.717) is 5.91 Å². The summed E-state index contributed by atoms with van der Waals surface area (Å²) in [6.07, 6.45) is 3.15. The molecule has 1 heterocycles. The van der Waals surface area contributed by atoms with Crippen LogP contribution in [0, 0.1) is 5.92 Å². The van der Waals surface area contributed by atoms with Gasteiger partial charge in [0.25, 0.3) is 0 Å². The van der Waals surface area contributed by atoms with E-state index >= 15 is 0 Å². The second-order valence-electron chi connectivity index (χ2n) is 4.58. The molecule has 1 aliphatic heterocycles. The maximum Gasteiger partial charge on any atom is 0.225 e. The van der Waals surface area contributed by atoms with Crippen LogP contribution in [0.5, 0.6) is 0 Å². The maximum atomic E-state index is 12.1. The van der Waals surface area contributed by atoms with Crippen LogP contribution in [-0.4, -0.2) is 48.2 Å². The molecular weight excluding hydrogens is 192 g/mol. The fourth-order valence-electron chi connectivity index (χ4n) is 2.47. The molecule has 1 saturated heterocycles. The fourth-order valence-corrected chi connectivity index (χ4v) is 2.47. The molecule has 1 saturated carbocycles. The summed E-state index contributed by atoms with van der Waals surface area (Å²) in [6, 6.07) is 0. The van der Waals surface area contributed by atoms with Crippen LogP contribution in [0.25, 0.3) is 0 Å². The van der Waals surface area contributed by atoms with Gasteiger partial charge in [0.1, 0.15) is 0 Å². The molecule has 0 radical (unpaired) electrons. The highest BCUT2D eigenvalue weighted by Crippen LogP contribution is 2.25. The minimum Gasteiger partial charge on any atom is -0.393 e. The van der Waals surface area contributed by atoms with Crippen LogP contribution in [0.1, 0.15) is 25.7 Å². The summed E-state index contributed by atoms with van der Waals surface area (Å²) < 4.78 is 0. The lowest BCUT2D eigenvalue weighted by molar-refractivity contribution is -0.137. The van der Waals surface area contributed by atoms with E-state index in [2.05, 4.69) is 5.32 Å². The van der Waals surface area contributed by atoms with Gasteiger partial charge in [-0.3, -0.25) is 4.79 Å². The molecule has 0 spiro atoms. The quantitative estimate of drug-likeness (QED) is 0.642. The molecule has 0 aromatic carbocycles. The lowest BCUT2D eigenvalue weighted by Gasteiger charge is -2.33. The van der Waals surface area contributed by atoms with Crippen molar-refractivity contribution in [2.75, 3.05) is 26.2 Å². The van der Waals surface area contributed by atoms with E-state index < -0.39 is 0 Å². The van der Waals surface area contributed by atoms with Crippen molar-refractivity contribution in [3.63, 3.8) is 0 Å². The second-order valence-corrected chi connectivity index (χ2v) is 4.58. The van der Waals surface area contributed by atoms with Crippen LogP contribution in [0.3, 0.4) is 0 Å². The van der Waals surface area contributed by atoms with E-state index in [-0.39, 0.29) is 12.0 Å². The maximum absolute atomic E-state index is 12.1. The van der Waals surface area contributed by atoms with Gasteiger partial charge in [-0.15, -0.1) is 0 Å². The van der Waals surface area contributed by atoms with E-state index in [9.17, 15) is 9.90 Å². The first-order valence-electron chi connectivity index (χ1n) is 5.95.